The van der Waals surface area contributed by atoms with Crippen molar-refractivity contribution in [3.63, 3.8) is 0 Å². The normalized spacial score (nSPS) is 12.3. The molecule has 450 valence electrons. The molecule has 77 heavy (non-hydrogen) atoms. The molecule has 0 aliphatic heterocycles. The van der Waals surface area contributed by atoms with Crippen LogP contribution < -0.4 is 0 Å². The van der Waals surface area contributed by atoms with E-state index in [4.69, 9.17) is 14.2 Å². The number of esters is 3. The molecule has 0 aliphatic rings. The molecule has 0 radical (unpaired) electrons. The Balaban J connectivity index is 4.31. The van der Waals surface area contributed by atoms with E-state index >= 15 is 0 Å². The highest BCUT2D eigenvalue weighted by Gasteiger charge is 2.19. The summed E-state index contributed by atoms with van der Waals surface area (Å²) >= 11 is 0. The van der Waals surface area contributed by atoms with Gasteiger partial charge in [-0.2, -0.15) is 0 Å². The third-order valence-corrected chi connectivity index (χ3v) is 15.3. The minimum atomic E-state index is -0.780. The smallest absolute Gasteiger partial charge is 0.306 e. The van der Waals surface area contributed by atoms with Crippen LogP contribution in [0.15, 0.2) is 48.6 Å². The third kappa shape index (κ3) is 64.1. The molecule has 6 nitrogen and oxygen atoms in total. The summed E-state index contributed by atoms with van der Waals surface area (Å²) < 4.78 is 17.0. The first-order valence-electron chi connectivity index (χ1n) is 34.1. The van der Waals surface area contributed by atoms with Crippen molar-refractivity contribution < 1.29 is 28.6 Å². The Kier molecular flexibility index (Phi) is 63.6. The largest absolute Gasteiger partial charge is 0.462 e. The van der Waals surface area contributed by atoms with Crippen LogP contribution >= 0.6 is 0 Å². The standard InChI is InChI=1S/C71H130O6/c1-4-7-10-13-16-19-22-25-28-31-33-34-35-36-37-38-41-43-46-49-52-55-58-61-64-70(73)76-67-68(66-75-69(72)63-60-57-54-51-48-45-42-39-30-27-24-21-18-15-12-9-6-3)77-71(74)65-62-59-56-53-50-47-44-40-32-29-26-23-20-17-14-11-8-5-2/h18,20-21,23,27,29-30,32,68H,4-17,19,22,24-26,28,31,33-67H2,1-3H3/b21-18-,23-20-,30-27-,32-29-. The molecule has 6 heteroatoms. The van der Waals surface area contributed by atoms with E-state index in [2.05, 4.69) is 69.4 Å². The van der Waals surface area contributed by atoms with Crippen LogP contribution in [0, 0.1) is 0 Å². The van der Waals surface area contributed by atoms with Gasteiger partial charge in [-0.25, -0.2) is 0 Å². The summed E-state index contributed by atoms with van der Waals surface area (Å²) in [7, 11) is 0. The summed E-state index contributed by atoms with van der Waals surface area (Å²) in [6.07, 6.45) is 82.7. The van der Waals surface area contributed by atoms with Crippen LogP contribution in [-0.2, 0) is 28.6 Å². The van der Waals surface area contributed by atoms with Crippen LogP contribution in [0.25, 0.3) is 0 Å². The number of hydrogen-bond acceptors (Lipinski definition) is 6. The van der Waals surface area contributed by atoms with Crippen LogP contribution in [0.3, 0.4) is 0 Å². The molecule has 0 aromatic rings. The van der Waals surface area contributed by atoms with Crippen molar-refractivity contribution >= 4 is 17.9 Å². The summed E-state index contributed by atoms with van der Waals surface area (Å²) in [5.74, 6) is -0.867. The Bertz CT molecular complexity index is 1330. The molecule has 0 aliphatic carbocycles. The minimum absolute atomic E-state index is 0.0752. The van der Waals surface area contributed by atoms with Crippen LogP contribution in [-0.4, -0.2) is 37.2 Å². The Labute approximate surface area is 479 Å². The summed E-state index contributed by atoms with van der Waals surface area (Å²) in [6, 6.07) is 0. The lowest BCUT2D eigenvalue weighted by Crippen LogP contribution is -2.30. The topological polar surface area (TPSA) is 78.9 Å². The van der Waals surface area contributed by atoms with E-state index in [1.54, 1.807) is 0 Å². The zero-order valence-corrected chi connectivity index (χ0v) is 51.7. The SMILES string of the molecule is CCCCC/C=C\C/C=C\CCCCCCCCCC(=O)OCC(COC(=O)CCCCCCCCCCCCCCCCCCCCCCCCCC)OC(=O)CCCCCCCCC/C=C\C/C=C\CCCCCC. The number of hydrogen-bond donors (Lipinski definition) is 0. The van der Waals surface area contributed by atoms with Crippen molar-refractivity contribution in [2.24, 2.45) is 0 Å². The van der Waals surface area contributed by atoms with Gasteiger partial charge in [0.25, 0.3) is 0 Å². The van der Waals surface area contributed by atoms with Crippen molar-refractivity contribution in [1.29, 1.82) is 0 Å². The molecule has 0 bridgehead atoms. The molecule has 0 amide bonds. The zero-order valence-electron chi connectivity index (χ0n) is 51.7. The van der Waals surface area contributed by atoms with Crippen molar-refractivity contribution in [3.8, 4) is 0 Å². The molecule has 0 aromatic heterocycles. The Morgan fingerprint density at radius 1 is 0.260 bits per heavy atom. The molecule has 0 aromatic carbocycles. The highest BCUT2D eigenvalue weighted by atomic mass is 16.6. The molecular formula is C71H130O6. The van der Waals surface area contributed by atoms with Gasteiger partial charge >= 0.3 is 17.9 Å². The Hall–Kier alpha value is -2.63. The highest BCUT2D eigenvalue weighted by Crippen LogP contribution is 2.18. The summed E-state index contributed by atoms with van der Waals surface area (Å²) in [5, 5.41) is 0. The van der Waals surface area contributed by atoms with Gasteiger partial charge in [-0.1, -0.05) is 313 Å². The van der Waals surface area contributed by atoms with Crippen molar-refractivity contribution in [3.05, 3.63) is 48.6 Å². The quantitative estimate of drug-likeness (QED) is 0.0261. The van der Waals surface area contributed by atoms with E-state index in [1.165, 1.54) is 244 Å². The molecule has 0 rings (SSSR count). The number of unbranched alkanes of at least 4 members (excludes halogenated alkanes) is 44. The van der Waals surface area contributed by atoms with Gasteiger partial charge in [0.2, 0.25) is 0 Å². The summed E-state index contributed by atoms with van der Waals surface area (Å²) in [6.45, 7) is 6.65. The number of rotatable bonds is 63. The fourth-order valence-electron chi connectivity index (χ4n) is 10.2. The first-order valence-corrected chi connectivity index (χ1v) is 34.1. The predicted molar refractivity (Wildman–Crippen MR) is 335 cm³/mol. The summed E-state index contributed by atoms with van der Waals surface area (Å²) in [4.78, 5) is 38.4. The van der Waals surface area contributed by atoms with E-state index in [9.17, 15) is 14.4 Å². The highest BCUT2D eigenvalue weighted by molar-refractivity contribution is 5.71. The van der Waals surface area contributed by atoms with Crippen LogP contribution in [0.5, 0.6) is 0 Å². The molecular weight excluding hydrogens is 949 g/mol. The van der Waals surface area contributed by atoms with Crippen molar-refractivity contribution in [2.45, 2.75) is 374 Å². The van der Waals surface area contributed by atoms with E-state index in [-0.39, 0.29) is 31.1 Å². The van der Waals surface area contributed by atoms with Gasteiger partial charge < -0.3 is 14.2 Å². The second kappa shape index (κ2) is 65.9. The molecule has 1 atom stereocenters. The Morgan fingerprint density at radius 2 is 0.468 bits per heavy atom. The number of carbonyl (C=O) groups excluding carboxylic acids is 3. The first kappa shape index (κ1) is 74.4. The molecule has 0 heterocycles. The number of carbonyl (C=O) groups is 3. The Morgan fingerprint density at radius 3 is 0.753 bits per heavy atom. The van der Waals surface area contributed by atoms with Gasteiger partial charge in [0, 0.05) is 19.3 Å². The molecule has 0 saturated heterocycles. The van der Waals surface area contributed by atoms with Gasteiger partial charge in [-0.3, -0.25) is 14.4 Å². The second-order valence-corrected chi connectivity index (χ2v) is 23.1. The van der Waals surface area contributed by atoms with Gasteiger partial charge in [-0.05, 0) is 83.5 Å². The maximum Gasteiger partial charge on any atom is 0.306 e. The van der Waals surface area contributed by atoms with Gasteiger partial charge in [0.05, 0.1) is 0 Å². The van der Waals surface area contributed by atoms with E-state index < -0.39 is 6.10 Å². The van der Waals surface area contributed by atoms with Crippen LogP contribution in [0.4, 0.5) is 0 Å². The number of ether oxygens (including phenoxy) is 3. The zero-order chi connectivity index (χ0) is 55.7. The second-order valence-electron chi connectivity index (χ2n) is 23.1. The minimum Gasteiger partial charge on any atom is -0.462 e. The lowest BCUT2D eigenvalue weighted by molar-refractivity contribution is -0.167. The molecule has 0 saturated carbocycles. The monoisotopic (exact) mass is 1080 g/mol. The first-order chi connectivity index (χ1) is 38.0. The van der Waals surface area contributed by atoms with E-state index in [0.29, 0.717) is 19.3 Å². The molecule has 0 fully saturated rings. The van der Waals surface area contributed by atoms with E-state index in [1.807, 2.05) is 0 Å². The van der Waals surface area contributed by atoms with Gasteiger partial charge in [0.15, 0.2) is 6.10 Å². The van der Waals surface area contributed by atoms with Crippen LogP contribution in [0.1, 0.15) is 367 Å². The predicted octanol–water partition coefficient (Wildman–Crippen LogP) is 23.3. The van der Waals surface area contributed by atoms with Crippen molar-refractivity contribution in [1.82, 2.24) is 0 Å². The lowest BCUT2D eigenvalue weighted by Gasteiger charge is -2.18. The third-order valence-electron chi connectivity index (χ3n) is 15.3. The average molecular weight is 1080 g/mol. The van der Waals surface area contributed by atoms with E-state index in [0.717, 1.165) is 83.5 Å². The summed E-state index contributed by atoms with van der Waals surface area (Å²) in [5.41, 5.74) is 0. The van der Waals surface area contributed by atoms with Gasteiger partial charge in [-0.15, -0.1) is 0 Å². The fourth-order valence-corrected chi connectivity index (χ4v) is 10.2. The maximum absolute atomic E-state index is 12.9. The fraction of sp³-hybridized carbons (Fsp3) is 0.845. The van der Waals surface area contributed by atoms with Crippen molar-refractivity contribution in [2.75, 3.05) is 13.2 Å². The molecule has 0 N–H and O–H groups in total. The molecule has 0 spiro atoms. The van der Waals surface area contributed by atoms with Gasteiger partial charge in [0.1, 0.15) is 13.2 Å². The maximum atomic E-state index is 12.9. The number of allylic oxidation sites excluding steroid dienone is 8. The van der Waals surface area contributed by atoms with Crippen LogP contribution in [0.2, 0.25) is 0 Å². The lowest BCUT2D eigenvalue weighted by atomic mass is 10.0. The average Bonchev–Trinajstić information content (AvgIpc) is 3.43. The molecule has 1 unspecified atom stereocenters.